The van der Waals surface area contributed by atoms with Gasteiger partial charge >= 0.3 is 0 Å². The van der Waals surface area contributed by atoms with Crippen molar-refractivity contribution in [2.75, 3.05) is 0 Å². The quantitative estimate of drug-likeness (QED) is 0.167. The Bertz CT molecular complexity index is 10100. The first-order valence-electron chi connectivity index (χ1n) is 45.7. The van der Waals surface area contributed by atoms with Crippen LogP contribution in [0.25, 0.3) is 295 Å². The molecule has 0 saturated heterocycles. The molecule has 6 nitrogen and oxygen atoms in total. The van der Waals surface area contributed by atoms with Crippen LogP contribution in [0, 0.1) is 0 Å². The normalized spacial score (nSPS) is 12.4. The topological polar surface area (TPSA) is 46.0 Å². The number of aromatic nitrogens is 4. The maximum Gasteiger partial charge on any atom is 0.136 e. The molecule has 7 heterocycles. The van der Waals surface area contributed by atoms with Gasteiger partial charge in [-0.1, -0.05) is 285 Å². The number of hydrogen-bond acceptors (Lipinski definition) is 3. The van der Waals surface area contributed by atoms with Gasteiger partial charge in [0, 0.05) is 108 Å². The van der Waals surface area contributed by atoms with Crippen molar-refractivity contribution in [3.8, 4) is 112 Å². The third-order valence-electron chi connectivity index (χ3n) is 29.1. The zero-order valence-corrected chi connectivity index (χ0v) is 72.4. The molecule has 0 saturated carbocycles. The Morgan fingerprint density at radius 2 is 0.474 bits per heavy atom. The molecule has 32 rings (SSSR count). The first kappa shape index (κ1) is 72.6. The zero-order valence-electron chi connectivity index (χ0n) is 71.6. The number of para-hydroxylation sites is 5. The molecule has 0 fully saturated rings. The highest BCUT2D eigenvalue weighted by atomic mass is 32.1. The van der Waals surface area contributed by atoms with E-state index >= 15 is 0 Å². The lowest BCUT2D eigenvalue weighted by molar-refractivity contribution is 0.668. The van der Waals surface area contributed by atoms with Gasteiger partial charge in [0.15, 0.2) is 0 Å². The number of fused-ring (bicyclic) bond motifs is 21. The van der Waals surface area contributed by atoms with E-state index in [-0.39, 0.29) is 0 Å². The second kappa shape index (κ2) is 27.6. The third-order valence-corrected chi connectivity index (χ3v) is 30.2. The number of benzene rings is 22. The van der Waals surface area contributed by atoms with Crippen molar-refractivity contribution in [1.82, 2.24) is 18.3 Å². The maximum atomic E-state index is 6.40. The Hall–Kier alpha value is -17.4. The summed E-state index contributed by atoms with van der Waals surface area (Å²) in [5.74, 6) is 0. The molecule has 614 valence electrons. The van der Waals surface area contributed by atoms with Gasteiger partial charge in [0.25, 0.3) is 0 Å². The monoisotopic (exact) mass is 1700 g/mol. The summed E-state index contributed by atoms with van der Waals surface area (Å²) in [6, 6.07) is 160. The van der Waals surface area contributed by atoms with Crippen molar-refractivity contribution in [3.63, 3.8) is 0 Å². The summed E-state index contributed by atoms with van der Waals surface area (Å²) in [7, 11) is 0. The average molecular weight is 1710 g/mol. The summed E-state index contributed by atoms with van der Waals surface area (Å²) < 4.78 is 25.1. The highest BCUT2D eigenvalue weighted by Crippen LogP contribution is 2.57. The van der Waals surface area contributed by atoms with E-state index in [0.717, 1.165) is 38.5 Å². The van der Waals surface area contributed by atoms with Crippen LogP contribution < -0.4 is 0 Å². The van der Waals surface area contributed by atoms with Gasteiger partial charge in [0.2, 0.25) is 0 Å². The van der Waals surface area contributed by atoms with E-state index in [2.05, 4.69) is 443 Å². The summed E-state index contributed by atoms with van der Waals surface area (Å²) in [6.45, 7) is 0. The van der Waals surface area contributed by atoms with Crippen LogP contribution in [0.15, 0.2) is 446 Å². The van der Waals surface area contributed by atoms with Crippen LogP contribution in [0.3, 0.4) is 0 Å². The standard InChI is InChI=1S/C52H30N2S.C40H23NO.C34H19NO/c1-4-15-44-36(10-1)37-11-2-5-16-45(37)53(44)34-24-19-31(20-25-34)32-21-26-35(27-22-32)54-46-17-8-14-40-42-30-49-43(38-12-3-6-18-48(38)55-49)29-41(42)39-13-7-9-33-23-28-47(54)52(50(33)39)51(40)46;1-2-9-24(10-3-1)26-12-6-13-27(21-26)41-34-17-8-16-30-32-23-37-33(28-14-4-5-18-36(28)42-37)22-31(32)29-15-7-11-25-19-20-35(41)40(38(25)29)39(30)34;1-2-9-21(10-3-1)35-28-14-7-13-24-26-19-31-27(22-11-4-5-15-30(22)36-31)18-25(26)23-12-6-8-20-16-17-29(35)34(32(20)23)33(24)28/h1-30H;1-23H;1-19H. The second-order valence-corrected chi connectivity index (χ2v) is 37.0. The number of furan rings is 2. The van der Waals surface area contributed by atoms with Crippen LogP contribution in [0.2, 0.25) is 0 Å². The van der Waals surface area contributed by atoms with Crippen LogP contribution in [-0.4, -0.2) is 18.3 Å². The summed E-state index contributed by atoms with van der Waals surface area (Å²) in [5.41, 5.74) is 38.4. The number of rotatable bonds is 6. The molecule has 0 spiro atoms. The molecule has 7 heteroatoms. The summed E-state index contributed by atoms with van der Waals surface area (Å²) in [6.07, 6.45) is 0. The maximum absolute atomic E-state index is 6.40. The van der Waals surface area contributed by atoms with Crippen molar-refractivity contribution in [3.05, 3.63) is 437 Å². The minimum absolute atomic E-state index is 0.927. The Labute approximate surface area is 765 Å². The van der Waals surface area contributed by atoms with Crippen LogP contribution >= 0.6 is 11.3 Å². The molecule has 0 atom stereocenters. The van der Waals surface area contributed by atoms with Gasteiger partial charge in [0.1, 0.15) is 22.3 Å². The molecular weight excluding hydrogens is 1630 g/mol. The first-order valence-corrected chi connectivity index (χ1v) is 46.6. The molecule has 0 radical (unpaired) electrons. The molecule has 0 unspecified atom stereocenters. The summed E-state index contributed by atoms with van der Waals surface area (Å²) in [4.78, 5) is 0. The molecule has 7 aromatic heterocycles. The number of hydrogen-bond donors (Lipinski definition) is 0. The molecule has 0 bridgehead atoms. The van der Waals surface area contributed by atoms with E-state index < -0.39 is 0 Å². The lowest BCUT2D eigenvalue weighted by atomic mass is 9.92. The van der Waals surface area contributed by atoms with Crippen molar-refractivity contribution >= 4 is 195 Å². The molecule has 29 aromatic rings. The van der Waals surface area contributed by atoms with Crippen molar-refractivity contribution < 1.29 is 8.83 Å². The first-order chi connectivity index (χ1) is 66.0. The highest BCUT2D eigenvalue weighted by Gasteiger charge is 2.32. The fourth-order valence-electron chi connectivity index (χ4n) is 23.5. The largest absolute Gasteiger partial charge is 0.456 e. The van der Waals surface area contributed by atoms with Crippen LogP contribution in [0.4, 0.5) is 0 Å². The molecule has 0 N–H and O–H groups in total. The van der Waals surface area contributed by atoms with E-state index in [0.29, 0.717) is 0 Å². The van der Waals surface area contributed by atoms with Gasteiger partial charge in [-0.05, 0) is 273 Å². The number of nitrogens with zero attached hydrogens (tertiary/aromatic N) is 4. The van der Waals surface area contributed by atoms with E-state index in [1.165, 1.54) is 257 Å². The molecule has 0 amide bonds. The van der Waals surface area contributed by atoms with Crippen LogP contribution in [0.5, 0.6) is 0 Å². The van der Waals surface area contributed by atoms with E-state index in [1.807, 2.05) is 23.5 Å². The minimum atomic E-state index is 0.927. The predicted molar refractivity (Wildman–Crippen MR) is 561 cm³/mol. The smallest absolute Gasteiger partial charge is 0.136 e. The van der Waals surface area contributed by atoms with Gasteiger partial charge in [-0.25, -0.2) is 0 Å². The zero-order chi connectivity index (χ0) is 86.5. The molecule has 22 aromatic carbocycles. The van der Waals surface area contributed by atoms with E-state index in [1.54, 1.807) is 0 Å². The van der Waals surface area contributed by atoms with Gasteiger partial charge in [0.05, 0.1) is 44.1 Å². The summed E-state index contributed by atoms with van der Waals surface area (Å²) >= 11 is 1.90. The SMILES string of the molecule is c1cc2c3c(c1)ccc1c3c3c(cccc3n1-c1ccc(-c3ccc(-n4c5ccccc5c5ccccc54)cc3)cc1)-c1cc3sc4ccccc4c3cc1-2.c1ccc(-c2cccc(-n3c4cccc5c4c4c6c(cccc6ccc43)-c3cc4c(cc3-5)oc3ccccc34)c2)cc1.c1ccc(-n2c3cccc4c3c3c5c(cccc5ccc32)-c2cc3c(cc2-4)oc2ccccc23)cc1. The Morgan fingerprint density at radius 1 is 0.150 bits per heavy atom. The third kappa shape index (κ3) is 10.4. The van der Waals surface area contributed by atoms with Gasteiger partial charge < -0.3 is 27.1 Å². The fourth-order valence-corrected chi connectivity index (χ4v) is 24.6. The van der Waals surface area contributed by atoms with Gasteiger partial charge in [-0.15, -0.1) is 11.3 Å². The molecular formula is C126H72N4O2S. The predicted octanol–water partition coefficient (Wildman–Crippen LogP) is 35.4. The van der Waals surface area contributed by atoms with Crippen molar-refractivity contribution in [2.45, 2.75) is 0 Å². The average Bonchev–Trinajstić information content (AvgIpc) is 1.54. The van der Waals surface area contributed by atoms with Gasteiger partial charge in [-0.2, -0.15) is 0 Å². The molecule has 3 aliphatic carbocycles. The Morgan fingerprint density at radius 3 is 0.955 bits per heavy atom. The van der Waals surface area contributed by atoms with Gasteiger partial charge in [-0.3, -0.25) is 0 Å². The molecule has 133 heavy (non-hydrogen) atoms. The summed E-state index contributed by atoms with van der Waals surface area (Å²) in [5, 5.41) is 25.6. The van der Waals surface area contributed by atoms with Crippen molar-refractivity contribution in [1.29, 1.82) is 0 Å². The van der Waals surface area contributed by atoms with Crippen molar-refractivity contribution in [2.24, 2.45) is 0 Å². The number of thiophene rings is 1. The second-order valence-electron chi connectivity index (χ2n) is 35.9. The lowest BCUT2D eigenvalue weighted by Crippen LogP contribution is -1.95. The molecule has 3 aliphatic rings. The van der Waals surface area contributed by atoms with Crippen LogP contribution in [0.1, 0.15) is 0 Å². The molecule has 0 aliphatic heterocycles. The Balaban J connectivity index is 0.0000000979. The van der Waals surface area contributed by atoms with E-state index in [9.17, 15) is 0 Å². The lowest BCUT2D eigenvalue weighted by Gasteiger charge is -2.14. The Kier molecular flexibility index (Phi) is 15.1. The fraction of sp³-hybridized carbons (Fsp3) is 0. The highest BCUT2D eigenvalue weighted by molar-refractivity contribution is 7.25. The van der Waals surface area contributed by atoms with Crippen LogP contribution in [-0.2, 0) is 0 Å². The van der Waals surface area contributed by atoms with E-state index in [4.69, 9.17) is 8.83 Å². The minimum Gasteiger partial charge on any atom is -0.456 e.